The molecule has 0 spiro atoms. The number of nitrogens with zero attached hydrogens (tertiary/aromatic N) is 2. The third kappa shape index (κ3) is 16.3. The molecule has 2 aliphatic heterocycles. The summed E-state index contributed by atoms with van der Waals surface area (Å²) < 4.78 is 11.1. The van der Waals surface area contributed by atoms with Crippen LogP contribution >= 0.6 is 0 Å². The Hall–Kier alpha value is -3.59. The van der Waals surface area contributed by atoms with Crippen molar-refractivity contribution in [3.05, 3.63) is 59.2 Å². The van der Waals surface area contributed by atoms with Crippen LogP contribution in [-0.4, -0.2) is 72.7 Å². The molecule has 2 aromatic carbocycles. The largest absolute Gasteiger partial charge is 0.481 e. The molecule has 2 heterocycles. The van der Waals surface area contributed by atoms with E-state index in [0.29, 0.717) is 18.8 Å². The number of amides is 2. The molecule has 9 nitrogen and oxygen atoms in total. The van der Waals surface area contributed by atoms with Gasteiger partial charge < -0.3 is 24.8 Å². The van der Waals surface area contributed by atoms with Crippen LogP contribution in [0, 0.1) is 0 Å². The summed E-state index contributed by atoms with van der Waals surface area (Å²) >= 11 is 0. The normalized spacial score (nSPS) is 15.7. The van der Waals surface area contributed by atoms with Gasteiger partial charge in [-0.15, -0.1) is 0 Å². The molecule has 0 bridgehead atoms. The van der Waals surface area contributed by atoms with E-state index in [4.69, 9.17) is 19.4 Å². The number of benzene rings is 2. The van der Waals surface area contributed by atoms with E-state index in [-0.39, 0.29) is 0 Å². The molecule has 2 amide bonds. The zero-order chi connectivity index (χ0) is 34.0. The lowest BCUT2D eigenvalue weighted by molar-refractivity contribution is -0.134. The summed E-state index contributed by atoms with van der Waals surface area (Å²) in [5.74, 6) is 1.33. The highest BCUT2D eigenvalue weighted by atomic mass is 16.7. The molecular formula is C36H59N3O6. The van der Waals surface area contributed by atoms with Gasteiger partial charge >= 0.3 is 0 Å². The average molecular weight is 630 g/mol. The molecule has 1 fully saturated rings. The predicted octanol–water partition coefficient (Wildman–Crippen LogP) is 6.88. The Balaban J connectivity index is 0.00000109. The molecule has 2 atom stereocenters. The van der Waals surface area contributed by atoms with E-state index in [1.807, 2.05) is 45.6 Å². The first-order chi connectivity index (χ1) is 21.8. The van der Waals surface area contributed by atoms with Gasteiger partial charge in [0, 0.05) is 45.7 Å². The van der Waals surface area contributed by atoms with Crippen LogP contribution in [0.4, 0.5) is 0 Å². The SMILES string of the molecule is CC.CC.CC(=O)O.CCCCNC=O.CCc1cccc(CN2CC(c3ccc4c(c3)OCO4)CC2CCN(C=O)CC)c1. The van der Waals surface area contributed by atoms with Gasteiger partial charge in [-0.05, 0) is 67.3 Å². The van der Waals surface area contributed by atoms with Gasteiger partial charge in [0.2, 0.25) is 19.6 Å². The van der Waals surface area contributed by atoms with Crippen LogP contribution in [-0.2, 0) is 27.3 Å². The van der Waals surface area contributed by atoms with Gasteiger partial charge in [0.05, 0.1) is 0 Å². The third-order valence-corrected chi connectivity index (χ3v) is 7.24. The summed E-state index contributed by atoms with van der Waals surface area (Å²) in [4.78, 5) is 34.3. The molecule has 2 unspecified atom stereocenters. The van der Waals surface area contributed by atoms with Gasteiger partial charge in [-0.3, -0.25) is 19.3 Å². The maximum atomic E-state index is 11.3. The van der Waals surface area contributed by atoms with Crippen molar-refractivity contribution >= 4 is 18.8 Å². The van der Waals surface area contributed by atoms with Crippen molar-refractivity contribution in [2.24, 2.45) is 0 Å². The number of aryl methyl sites for hydroxylation is 1. The molecule has 2 aromatic rings. The lowest BCUT2D eigenvalue weighted by Gasteiger charge is -2.26. The molecule has 0 saturated carbocycles. The highest BCUT2D eigenvalue weighted by Gasteiger charge is 2.33. The van der Waals surface area contributed by atoms with Crippen LogP contribution in [0.2, 0.25) is 0 Å². The van der Waals surface area contributed by atoms with E-state index in [0.717, 1.165) is 96.1 Å². The lowest BCUT2D eigenvalue weighted by atomic mass is 9.95. The quantitative estimate of drug-likeness (QED) is 0.184. The topological polar surface area (TPSA) is 108 Å². The second-order valence-corrected chi connectivity index (χ2v) is 10.3. The van der Waals surface area contributed by atoms with Crippen molar-refractivity contribution in [2.45, 2.75) is 106 Å². The summed E-state index contributed by atoms with van der Waals surface area (Å²) in [6.07, 6.45) is 7.08. The third-order valence-electron chi connectivity index (χ3n) is 7.24. The molecule has 2 aliphatic rings. The maximum Gasteiger partial charge on any atom is 0.300 e. The summed E-state index contributed by atoms with van der Waals surface area (Å²) in [6.45, 7) is 20.1. The first-order valence-electron chi connectivity index (χ1n) is 16.6. The minimum Gasteiger partial charge on any atom is -0.481 e. The molecule has 1 saturated heterocycles. The lowest BCUT2D eigenvalue weighted by Crippen LogP contribution is -2.33. The molecule has 45 heavy (non-hydrogen) atoms. The fraction of sp³-hybridized carbons (Fsp3) is 0.583. The van der Waals surface area contributed by atoms with Gasteiger partial charge in [0.15, 0.2) is 11.5 Å². The zero-order valence-electron chi connectivity index (χ0n) is 29.0. The molecule has 2 N–H and O–H groups in total. The Kier molecular flexibility index (Phi) is 23.7. The maximum absolute atomic E-state index is 11.3. The molecule has 4 rings (SSSR count). The molecule has 9 heteroatoms. The minimum atomic E-state index is -0.833. The van der Waals surface area contributed by atoms with Crippen LogP contribution in [0.3, 0.4) is 0 Å². The number of fused-ring (bicyclic) bond motifs is 1. The van der Waals surface area contributed by atoms with Gasteiger partial charge in [-0.2, -0.15) is 0 Å². The molecular weight excluding hydrogens is 570 g/mol. The van der Waals surface area contributed by atoms with Crippen molar-refractivity contribution in [3.8, 4) is 11.5 Å². The van der Waals surface area contributed by atoms with E-state index in [1.165, 1.54) is 16.7 Å². The number of unbranched alkanes of at least 4 members (excludes halogenated alkanes) is 1. The second-order valence-electron chi connectivity index (χ2n) is 10.3. The fourth-order valence-electron chi connectivity index (χ4n) is 5.01. The standard InChI is InChI=1S/C25H32N2O3.C5H11NO.C2H4O2.2C2H6/c1-3-19-6-5-7-20(12-19)15-27-16-22(13-23(27)10-11-26(4-2)17-28)21-8-9-24-25(14-21)30-18-29-24;1-2-3-4-6-5-7;1-2(3)4;2*1-2/h5-9,12,14,17,22-23H,3-4,10-11,13,15-16,18H2,1-2H3;5H,2-4H2,1H3,(H,6,7);1H3,(H,3,4);2*1-2H3. The fourth-order valence-corrected chi connectivity index (χ4v) is 5.01. The van der Waals surface area contributed by atoms with Crippen LogP contribution < -0.4 is 14.8 Å². The van der Waals surface area contributed by atoms with Gasteiger partial charge in [-0.1, -0.05) is 78.3 Å². The van der Waals surface area contributed by atoms with E-state index in [1.54, 1.807) is 0 Å². The number of carboxylic acids is 1. The summed E-state index contributed by atoms with van der Waals surface area (Å²) in [5.41, 5.74) is 4.07. The molecule has 0 aromatic heterocycles. The first kappa shape index (κ1) is 41.4. The van der Waals surface area contributed by atoms with E-state index in [9.17, 15) is 9.59 Å². The number of likely N-dealkylation sites (tertiary alicyclic amines) is 1. The van der Waals surface area contributed by atoms with Crippen molar-refractivity contribution in [1.29, 1.82) is 0 Å². The number of carbonyl (C=O) groups is 3. The number of carbonyl (C=O) groups excluding carboxylic acids is 2. The number of carboxylic acid groups (broad SMARTS) is 1. The predicted molar refractivity (Wildman–Crippen MR) is 183 cm³/mol. The Morgan fingerprint density at radius 2 is 1.69 bits per heavy atom. The van der Waals surface area contributed by atoms with Crippen LogP contribution in [0.1, 0.15) is 104 Å². The highest BCUT2D eigenvalue weighted by molar-refractivity contribution is 5.63. The zero-order valence-corrected chi connectivity index (χ0v) is 29.0. The van der Waals surface area contributed by atoms with Gasteiger partial charge in [0.1, 0.15) is 0 Å². The van der Waals surface area contributed by atoms with E-state index < -0.39 is 5.97 Å². The smallest absolute Gasteiger partial charge is 0.300 e. The van der Waals surface area contributed by atoms with Crippen LogP contribution in [0.15, 0.2) is 42.5 Å². The second kappa shape index (κ2) is 25.7. The number of rotatable bonds is 13. The molecule has 0 aliphatic carbocycles. The minimum absolute atomic E-state index is 0.310. The van der Waals surface area contributed by atoms with Crippen molar-refractivity contribution < 1.29 is 29.0 Å². The number of hydrogen-bond acceptors (Lipinski definition) is 6. The summed E-state index contributed by atoms with van der Waals surface area (Å²) in [7, 11) is 0. The number of ether oxygens (including phenoxy) is 2. The Morgan fingerprint density at radius 1 is 1.02 bits per heavy atom. The van der Waals surface area contributed by atoms with Crippen molar-refractivity contribution in [1.82, 2.24) is 15.1 Å². The first-order valence-corrected chi connectivity index (χ1v) is 16.6. The van der Waals surface area contributed by atoms with E-state index in [2.05, 4.69) is 60.5 Å². The van der Waals surface area contributed by atoms with Crippen molar-refractivity contribution in [3.63, 3.8) is 0 Å². The van der Waals surface area contributed by atoms with Gasteiger partial charge in [-0.25, -0.2) is 0 Å². The average Bonchev–Trinajstić information content (AvgIpc) is 3.70. The summed E-state index contributed by atoms with van der Waals surface area (Å²) in [5, 5.41) is 9.99. The number of hydrogen-bond donors (Lipinski definition) is 2. The Labute approximate surface area is 272 Å². The van der Waals surface area contributed by atoms with Gasteiger partial charge in [0.25, 0.3) is 5.97 Å². The monoisotopic (exact) mass is 629 g/mol. The number of nitrogens with one attached hydrogen (secondary N) is 1. The highest BCUT2D eigenvalue weighted by Crippen LogP contribution is 2.39. The van der Waals surface area contributed by atoms with Crippen LogP contribution in [0.5, 0.6) is 11.5 Å². The van der Waals surface area contributed by atoms with E-state index >= 15 is 0 Å². The van der Waals surface area contributed by atoms with Crippen molar-refractivity contribution in [2.75, 3.05) is 33.0 Å². The molecule has 0 radical (unpaired) electrons. The number of aliphatic carboxylic acids is 1. The summed E-state index contributed by atoms with van der Waals surface area (Å²) in [6, 6.07) is 15.7. The molecule has 254 valence electrons. The Bertz CT molecular complexity index is 1080. The van der Waals surface area contributed by atoms with Crippen LogP contribution in [0.25, 0.3) is 0 Å². The Morgan fingerprint density at radius 3 is 2.29 bits per heavy atom.